The maximum Gasteiger partial charge on any atom is 0.0537 e. The molecule has 1 aromatic heterocycles. The van der Waals surface area contributed by atoms with E-state index in [-0.39, 0.29) is 0 Å². The van der Waals surface area contributed by atoms with Crippen molar-refractivity contribution in [2.75, 3.05) is 19.6 Å². The Morgan fingerprint density at radius 3 is 3.00 bits per heavy atom. The number of likely N-dealkylation sites (tertiary alicyclic amines) is 1. The van der Waals surface area contributed by atoms with Gasteiger partial charge in [-0.15, -0.1) is 0 Å². The van der Waals surface area contributed by atoms with E-state index in [1.54, 1.807) is 0 Å². The zero-order valence-electron chi connectivity index (χ0n) is 11.2. The molecule has 0 spiro atoms. The first-order valence-electron chi connectivity index (χ1n) is 6.64. The lowest BCUT2D eigenvalue weighted by Crippen LogP contribution is -2.37. The first-order chi connectivity index (χ1) is 8.22. The second kappa shape index (κ2) is 5.65. The second-order valence-corrected chi connectivity index (χ2v) is 4.93. The molecule has 1 aliphatic rings. The van der Waals surface area contributed by atoms with E-state index in [0.29, 0.717) is 0 Å². The highest BCUT2D eigenvalue weighted by Gasteiger charge is 2.22. The summed E-state index contributed by atoms with van der Waals surface area (Å²) in [4.78, 5) is 2.57. The van der Waals surface area contributed by atoms with Crippen LogP contribution < -0.4 is 5.32 Å². The summed E-state index contributed by atoms with van der Waals surface area (Å²) in [5, 5.41) is 7.83. The Balaban J connectivity index is 1.78. The molecule has 17 heavy (non-hydrogen) atoms. The van der Waals surface area contributed by atoms with E-state index in [4.69, 9.17) is 0 Å². The molecule has 0 aliphatic carbocycles. The summed E-state index contributed by atoms with van der Waals surface area (Å²) in [5.74, 6) is 0. The van der Waals surface area contributed by atoms with Gasteiger partial charge < -0.3 is 5.32 Å². The number of likely N-dealkylation sites (N-methyl/N-ethyl adjacent to an activating group) is 1. The molecule has 0 radical (unpaired) electrons. The topological polar surface area (TPSA) is 33.1 Å². The number of rotatable bonds is 5. The summed E-state index contributed by atoms with van der Waals surface area (Å²) in [6.07, 6.45) is 4.66. The lowest BCUT2D eigenvalue weighted by Gasteiger charge is -2.22. The van der Waals surface area contributed by atoms with Crippen molar-refractivity contribution in [3.8, 4) is 0 Å². The lowest BCUT2D eigenvalue weighted by atomic mass is 10.2. The van der Waals surface area contributed by atoms with Crippen molar-refractivity contribution in [2.45, 2.75) is 39.3 Å². The Morgan fingerprint density at radius 1 is 1.53 bits per heavy atom. The monoisotopic (exact) mass is 236 g/mol. The van der Waals surface area contributed by atoms with Gasteiger partial charge in [-0.1, -0.05) is 6.92 Å². The van der Waals surface area contributed by atoms with E-state index >= 15 is 0 Å². The molecule has 1 fully saturated rings. The molecule has 1 N–H and O–H groups in total. The van der Waals surface area contributed by atoms with Gasteiger partial charge in [0, 0.05) is 37.4 Å². The van der Waals surface area contributed by atoms with Crippen molar-refractivity contribution < 1.29 is 0 Å². The molecule has 1 saturated heterocycles. The van der Waals surface area contributed by atoms with Gasteiger partial charge in [-0.2, -0.15) is 5.10 Å². The SMILES string of the molecule is CCN1CCCC1CNCc1cnn(C)c1C. The highest BCUT2D eigenvalue weighted by Crippen LogP contribution is 2.15. The summed E-state index contributed by atoms with van der Waals surface area (Å²) < 4.78 is 1.94. The molecule has 2 rings (SSSR count). The Hall–Kier alpha value is -0.870. The highest BCUT2D eigenvalue weighted by molar-refractivity contribution is 5.15. The third-order valence-electron chi connectivity index (χ3n) is 3.94. The summed E-state index contributed by atoms with van der Waals surface area (Å²) in [5.41, 5.74) is 2.57. The van der Waals surface area contributed by atoms with Crippen LogP contribution >= 0.6 is 0 Å². The summed E-state index contributed by atoms with van der Waals surface area (Å²) >= 11 is 0. The van der Waals surface area contributed by atoms with Crippen LogP contribution in [0.4, 0.5) is 0 Å². The van der Waals surface area contributed by atoms with Gasteiger partial charge in [0.25, 0.3) is 0 Å². The van der Waals surface area contributed by atoms with Crippen LogP contribution in [0.2, 0.25) is 0 Å². The maximum absolute atomic E-state index is 4.26. The number of hydrogen-bond donors (Lipinski definition) is 1. The van der Waals surface area contributed by atoms with Gasteiger partial charge in [0.2, 0.25) is 0 Å². The van der Waals surface area contributed by atoms with E-state index < -0.39 is 0 Å². The zero-order chi connectivity index (χ0) is 12.3. The molecule has 0 amide bonds. The Kier molecular flexibility index (Phi) is 4.18. The first kappa shape index (κ1) is 12.6. The third-order valence-corrected chi connectivity index (χ3v) is 3.94. The molecular formula is C13H24N4. The zero-order valence-corrected chi connectivity index (χ0v) is 11.2. The number of nitrogens with one attached hydrogen (secondary N) is 1. The molecule has 1 aromatic rings. The second-order valence-electron chi connectivity index (χ2n) is 4.93. The molecule has 0 aromatic carbocycles. The minimum atomic E-state index is 0.733. The van der Waals surface area contributed by atoms with Crippen molar-refractivity contribution in [2.24, 2.45) is 7.05 Å². The van der Waals surface area contributed by atoms with Crippen LogP contribution in [-0.2, 0) is 13.6 Å². The standard InChI is InChI=1S/C13H24N4/c1-4-17-7-5-6-13(17)10-14-8-12-9-15-16(3)11(12)2/h9,13-14H,4-8,10H2,1-3H3. The fourth-order valence-corrected chi connectivity index (χ4v) is 2.63. The van der Waals surface area contributed by atoms with Gasteiger partial charge in [0.1, 0.15) is 0 Å². The fourth-order valence-electron chi connectivity index (χ4n) is 2.63. The van der Waals surface area contributed by atoms with Crippen LogP contribution in [0.5, 0.6) is 0 Å². The molecule has 2 heterocycles. The molecule has 0 bridgehead atoms. The smallest absolute Gasteiger partial charge is 0.0537 e. The molecule has 0 saturated carbocycles. The molecule has 1 aliphatic heterocycles. The van der Waals surface area contributed by atoms with E-state index in [1.165, 1.54) is 37.2 Å². The molecule has 4 nitrogen and oxygen atoms in total. The van der Waals surface area contributed by atoms with Crippen LogP contribution in [0, 0.1) is 6.92 Å². The number of hydrogen-bond acceptors (Lipinski definition) is 3. The number of nitrogens with zero attached hydrogens (tertiary/aromatic N) is 3. The Labute approximate surface area is 104 Å². The Morgan fingerprint density at radius 2 is 2.35 bits per heavy atom. The van der Waals surface area contributed by atoms with Gasteiger partial charge in [-0.05, 0) is 32.9 Å². The molecule has 1 unspecified atom stereocenters. The summed E-state index contributed by atoms with van der Waals surface area (Å²) in [7, 11) is 1.99. The minimum absolute atomic E-state index is 0.733. The predicted octanol–water partition coefficient (Wildman–Crippen LogP) is 1.30. The highest BCUT2D eigenvalue weighted by atomic mass is 15.3. The third kappa shape index (κ3) is 2.87. The van der Waals surface area contributed by atoms with Gasteiger partial charge in [0.15, 0.2) is 0 Å². The lowest BCUT2D eigenvalue weighted by molar-refractivity contribution is 0.260. The summed E-state index contributed by atoms with van der Waals surface area (Å²) in [6, 6.07) is 0.733. The van der Waals surface area contributed by atoms with Crippen molar-refractivity contribution in [3.63, 3.8) is 0 Å². The quantitative estimate of drug-likeness (QED) is 0.836. The van der Waals surface area contributed by atoms with Crippen molar-refractivity contribution in [1.29, 1.82) is 0 Å². The van der Waals surface area contributed by atoms with Crippen molar-refractivity contribution in [1.82, 2.24) is 20.0 Å². The predicted molar refractivity (Wildman–Crippen MR) is 69.9 cm³/mol. The van der Waals surface area contributed by atoms with Gasteiger partial charge in [-0.3, -0.25) is 9.58 Å². The minimum Gasteiger partial charge on any atom is -0.311 e. The van der Waals surface area contributed by atoms with Gasteiger partial charge >= 0.3 is 0 Å². The van der Waals surface area contributed by atoms with E-state index in [1.807, 2.05) is 17.9 Å². The van der Waals surface area contributed by atoms with Gasteiger partial charge in [0.05, 0.1) is 6.20 Å². The van der Waals surface area contributed by atoms with Crippen molar-refractivity contribution >= 4 is 0 Å². The number of aromatic nitrogens is 2. The average Bonchev–Trinajstić information content (AvgIpc) is 2.90. The number of aryl methyl sites for hydroxylation is 1. The molecule has 1 atom stereocenters. The van der Waals surface area contributed by atoms with E-state index in [9.17, 15) is 0 Å². The summed E-state index contributed by atoms with van der Waals surface area (Å²) in [6.45, 7) is 8.87. The fraction of sp³-hybridized carbons (Fsp3) is 0.769. The first-order valence-corrected chi connectivity index (χ1v) is 6.64. The van der Waals surface area contributed by atoms with Gasteiger partial charge in [-0.25, -0.2) is 0 Å². The largest absolute Gasteiger partial charge is 0.311 e. The maximum atomic E-state index is 4.26. The van der Waals surface area contributed by atoms with E-state index in [0.717, 1.165) is 19.1 Å². The van der Waals surface area contributed by atoms with Crippen molar-refractivity contribution in [3.05, 3.63) is 17.5 Å². The Bertz CT molecular complexity index is 358. The molecular weight excluding hydrogens is 212 g/mol. The van der Waals surface area contributed by atoms with E-state index in [2.05, 4.69) is 29.2 Å². The average molecular weight is 236 g/mol. The van der Waals surface area contributed by atoms with Crippen LogP contribution in [0.3, 0.4) is 0 Å². The van der Waals surface area contributed by atoms with Crippen LogP contribution in [0.1, 0.15) is 31.0 Å². The molecule has 96 valence electrons. The van der Waals surface area contributed by atoms with Crippen LogP contribution in [-0.4, -0.2) is 40.4 Å². The molecule has 4 heteroatoms. The van der Waals surface area contributed by atoms with Crippen LogP contribution in [0.25, 0.3) is 0 Å². The van der Waals surface area contributed by atoms with Crippen LogP contribution in [0.15, 0.2) is 6.20 Å². The normalized spacial score (nSPS) is 21.2.